The number of hydrogen-bond donors (Lipinski definition) is 0. The number of rotatable bonds is 5. The van der Waals surface area contributed by atoms with Crippen molar-refractivity contribution in [2.75, 3.05) is 19.5 Å². The molecule has 8 heteroatoms. The number of amidine groups is 1. The molecule has 1 fully saturated rings. The Morgan fingerprint density at radius 2 is 2.04 bits per heavy atom. The van der Waals surface area contributed by atoms with Gasteiger partial charge >= 0.3 is 11.9 Å². The number of allylic oxidation sites excluding steroid dienone is 1. The Labute approximate surface area is 167 Å². The Morgan fingerprint density at radius 1 is 1.32 bits per heavy atom. The van der Waals surface area contributed by atoms with Gasteiger partial charge in [0.1, 0.15) is 6.61 Å². The van der Waals surface area contributed by atoms with E-state index in [1.165, 1.54) is 24.9 Å². The molecule has 1 unspecified atom stereocenters. The smallest absolute Gasteiger partial charge is 0.338 e. The molecule has 7 nitrogen and oxygen atoms in total. The van der Waals surface area contributed by atoms with Gasteiger partial charge in [-0.1, -0.05) is 36.5 Å². The predicted molar refractivity (Wildman–Crippen MR) is 106 cm³/mol. The number of ether oxygens (including phenoxy) is 2. The van der Waals surface area contributed by atoms with Gasteiger partial charge in [-0.15, -0.1) is 0 Å². The molecule has 28 heavy (non-hydrogen) atoms. The van der Waals surface area contributed by atoms with Gasteiger partial charge in [0, 0.05) is 12.2 Å². The van der Waals surface area contributed by atoms with E-state index in [9.17, 15) is 14.4 Å². The second kappa shape index (κ2) is 8.43. The minimum absolute atomic E-state index is 0.0584. The third-order valence-corrected chi connectivity index (χ3v) is 5.36. The number of amides is 1. The lowest BCUT2D eigenvalue weighted by molar-refractivity contribution is -0.139. The van der Waals surface area contributed by atoms with Gasteiger partial charge < -0.3 is 9.47 Å². The van der Waals surface area contributed by atoms with Gasteiger partial charge in [-0.05, 0) is 24.6 Å². The van der Waals surface area contributed by atoms with E-state index in [0.717, 1.165) is 0 Å². The van der Waals surface area contributed by atoms with E-state index in [1.54, 1.807) is 36.1 Å². The predicted octanol–water partition coefficient (Wildman–Crippen LogP) is 2.85. The van der Waals surface area contributed by atoms with E-state index in [4.69, 9.17) is 9.47 Å². The maximum absolute atomic E-state index is 12.7. The minimum Gasteiger partial charge on any atom is -0.465 e. The van der Waals surface area contributed by atoms with Crippen molar-refractivity contribution in [2.45, 2.75) is 19.4 Å². The van der Waals surface area contributed by atoms with Crippen LogP contribution in [0.15, 0.2) is 53.2 Å². The quantitative estimate of drug-likeness (QED) is 0.558. The number of benzene rings is 1. The van der Waals surface area contributed by atoms with Crippen LogP contribution in [-0.2, 0) is 19.1 Å². The molecule has 3 rings (SSSR count). The van der Waals surface area contributed by atoms with E-state index < -0.39 is 18.0 Å². The molecule has 0 N–H and O–H groups in total. The number of hydrogen-bond acceptors (Lipinski definition) is 7. The summed E-state index contributed by atoms with van der Waals surface area (Å²) in [4.78, 5) is 43.2. The van der Waals surface area contributed by atoms with Gasteiger partial charge in [-0.25, -0.2) is 14.6 Å². The zero-order chi connectivity index (χ0) is 20.3. The molecule has 0 bridgehead atoms. The fourth-order valence-corrected chi connectivity index (χ4v) is 4.11. The molecular formula is C20H20N2O5S. The Hall–Kier alpha value is -2.87. The van der Waals surface area contributed by atoms with E-state index in [1.807, 2.05) is 0 Å². The third kappa shape index (κ3) is 3.73. The Kier molecular flexibility index (Phi) is 5.99. The monoisotopic (exact) mass is 400 g/mol. The summed E-state index contributed by atoms with van der Waals surface area (Å²) in [6.45, 7) is 5.34. The second-order valence-corrected chi connectivity index (χ2v) is 7.22. The van der Waals surface area contributed by atoms with Crippen molar-refractivity contribution in [2.24, 2.45) is 4.99 Å². The lowest BCUT2D eigenvalue weighted by atomic mass is 9.93. The zero-order valence-electron chi connectivity index (χ0n) is 15.6. The van der Waals surface area contributed by atoms with E-state index in [-0.39, 0.29) is 12.5 Å². The Bertz CT molecular complexity index is 888. The van der Waals surface area contributed by atoms with Crippen LogP contribution in [0.2, 0.25) is 0 Å². The maximum Gasteiger partial charge on any atom is 0.338 e. The number of carbonyl (C=O) groups excluding carboxylic acids is 3. The molecule has 1 aromatic rings. The Morgan fingerprint density at radius 3 is 2.68 bits per heavy atom. The standard InChI is InChI=1S/C20H20N2O5S/c1-4-10-27-19(25)16-12(2)21-20-22(15(23)9-11-28-20)17(16)13-5-7-14(8-6-13)18(24)26-3/h4-8,17H,1,9-11H2,2-3H3. The first kappa shape index (κ1) is 19.9. The number of esters is 2. The molecule has 2 heterocycles. The molecule has 146 valence electrons. The van der Waals surface area contributed by atoms with Crippen molar-refractivity contribution >= 4 is 34.8 Å². The van der Waals surface area contributed by atoms with Gasteiger partial charge in [-0.2, -0.15) is 0 Å². The van der Waals surface area contributed by atoms with E-state index >= 15 is 0 Å². The summed E-state index contributed by atoms with van der Waals surface area (Å²) in [7, 11) is 1.31. The van der Waals surface area contributed by atoms with Crippen LogP contribution in [0.5, 0.6) is 0 Å². The molecule has 1 atom stereocenters. The summed E-state index contributed by atoms with van der Waals surface area (Å²) in [6.07, 6.45) is 1.84. The van der Waals surface area contributed by atoms with Crippen LogP contribution in [0.3, 0.4) is 0 Å². The number of carbonyl (C=O) groups is 3. The van der Waals surface area contributed by atoms with E-state index in [2.05, 4.69) is 11.6 Å². The molecular weight excluding hydrogens is 380 g/mol. The fourth-order valence-electron chi connectivity index (χ4n) is 3.10. The summed E-state index contributed by atoms with van der Waals surface area (Å²) in [6, 6.07) is 5.96. The molecule has 0 spiro atoms. The van der Waals surface area contributed by atoms with Gasteiger partial charge in [0.15, 0.2) is 5.17 Å². The first-order valence-electron chi connectivity index (χ1n) is 8.68. The normalized spacial score (nSPS) is 18.9. The molecule has 1 saturated heterocycles. The first-order chi connectivity index (χ1) is 13.5. The number of methoxy groups -OCH3 is 1. The van der Waals surface area contributed by atoms with E-state index in [0.29, 0.717) is 39.7 Å². The van der Waals surface area contributed by atoms with Crippen LogP contribution < -0.4 is 0 Å². The average Bonchev–Trinajstić information content (AvgIpc) is 2.70. The van der Waals surface area contributed by atoms with Gasteiger partial charge in [0.25, 0.3) is 0 Å². The molecule has 1 aromatic carbocycles. The van der Waals surface area contributed by atoms with Crippen LogP contribution in [0.1, 0.15) is 35.3 Å². The third-order valence-electron chi connectivity index (χ3n) is 4.41. The summed E-state index contributed by atoms with van der Waals surface area (Å²) < 4.78 is 9.97. The second-order valence-electron chi connectivity index (χ2n) is 6.16. The van der Waals surface area contributed by atoms with Gasteiger partial charge in [0.05, 0.1) is 30.0 Å². The zero-order valence-corrected chi connectivity index (χ0v) is 16.5. The molecule has 1 amide bonds. The SMILES string of the molecule is C=CCOC(=O)C1=C(C)N=C2SCCC(=O)N2C1c1ccc(C(=O)OC)cc1. The maximum atomic E-state index is 12.7. The first-order valence-corrected chi connectivity index (χ1v) is 9.67. The number of fused-ring (bicyclic) bond motifs is 1. The number of thioether (sulfide) groups is 1. The highest BCUT2D eigenvalue weighted by Crippen LogP contribution is 2.40. The van der Waals surface area contributed by atoms with Crippen LogP contribution in [0.4, 0.5) is 0 Å². The summed E-state index contributed by atoms with van der Waals surface area (Å²) in [5, 5.41) is 0.566. The van der Waals surface area contributed by atoms with Crippen molar-refractivity contribution < 1.29 is 23.9 Å². The van der Waals surface area contributed by atoms with Crippen LogP contribution >= 0.6 is 11.8 Å². The highest BCUT2D eigenvalue weighted by Gasteiger charge is 2.41. The lowest BCUT2D eigenvalue weighted by Gasteiger charge is -2.38. The minimum atomic E-state index is -0.670. The molecule has 0 aromatic heterocycles. The fraction of sp³-hybridized carbons (Fsp3) is 0.300. The molecule has 0 saturated carbocycles. The summed E-state index contributed by atoms with van der Waals surface area (Å²) in [5.41, 5.74) is 1.87. The largest absolute Gasteiger partial charge is 0.465 e. The van der Waals surface area contributed by atoms with Crippen molar-refractivity contribution in [3.8, 4) is 0 Å². The summed E-state index contributed by atoms with van der Waals surface area (Å²) >= 11 is 1.47. The van der Waals surface area contributed by atoms with Crippen molar-refractivity contribution in [1.29, 1.82) is 0 Å². The van der Waals surface area contributed by atoms with Crippen LogP contribution in [0.25, 0.3) is 0 Å². The lowest BCUT2D eigenvalue weighted by Crippen LogP contribution is -2.45. The van der Waals surface area contributed by atoms with Crippen molar-refractivity contribution in [3.63, 3.8) is 0 Å². The summed E-state index contributed by atoms with van der Waals surface area (Å²) in [5.74, 6) is -0.475. The molecule has 2 aliphatic rings. The average molecular weight is 400 g/mol. The van der Waals surface area contributed by atoms with Crippen molar-refractivity contribution in [3.05, 3.63) is 59.3 Å². The number of nitrogens with zero attached hydrogens (tertiary/aromatic N) is 2. The molecule has 2 aliphatic heterocycles. The topological polar surface area (TPSA) is 85.3 Å². The Balaban J connectivity index is 2.07. The van der Waals surface area contributed by atoms with Crippen molar-refractivity contribution in [1.82, 2.24) is 4.90 Å². The molecule has 0 radical (unpaired) electrons. The molecule has 0 aliphatic carbocycles. The highest BCUT2D eigenvalue weighted by molar-refractivity contribution is 8.14. The van der Waals surface area contributed by atoms with Gasteiger partial charge in [0.2, 0.25) is 5.91 Å². The number of aliphatic imine (C=N–C) groups is 1. The van der Waals surface area contributed by atoms with Crippen LogP contribution in [-0.4, -0.2) is 47.4 Å². The van der Waals surface area contributed by atoms with Crippen LogP contribution in [0, 0.1) is 0 Å². The van der Waals surface area contributed by atoms with Gasteiger partial charge in [-0.3, -0.25) is 9.69 Å². The highest BCUT2D eigenvalue weighted by atomic mass is 32.2.